The number of hydrogen-bond donors (Lipinski definition) is 1. The van der Waals surface area contributed by atoms with Crippen LogP contribution in [0.4, 0.5) is 8.78 Å². The van der Waals surface area contributed by atoms with Gasteiger partial charge < -0.3 is 10.0 Å². The molecule has 3 aromatic rings. The first-order valence-electron chi connectivity index (χ1n) is 8.89. The van der Waals surface area contributed by atoms with Gasteiger partial charge in [0.15, 0.2) is 0 Å². The highest BCUT2D eigenvalue weighted by Gasteiger charge is 2.35. The molecule has 0 saturated heterocycles. The highest BCUT2D eigenvalue weighted by Crippen LogP contribution is 2.29. The molecular formula is C20H19ClF2N4OS2. The van der Waals surface area contributed by atoms with Gasteiger partial charge in [0.1, 0.15) is 34.2 Å². The van der Waals surface area contributed by atoms with Gasteiger partial charge in [0.2, 0.25) is 0 Å². The minimum Gasteiger partial charge on any atom is -0.381 e. The Balaban J connectivity index is 1.77. The van der Waals surface area contributed by atoms with Gasteiger partial charge in [0, 0.05) is 29.5 Å². The Morgan fingerprint density at radius 3 is 2.77 bits per heavy atom. The van der Waals surface area contributed by atoms with E-state index in [9.17, 15) is 13.9 Å². The van der Waals surface area contributed by atoms with Gasteiger partial charge in [-0.15, -0.1) is 0 Å². The third-order valence-electron chi connectivity index (χ3n) is 4.38. The van der Waals surface area contributed by atoms with E-state index in [2.05, 4.69) is 10.1 Å². The second kappa shape index (κ2) is 9.82. The molecule has 0 aliphatic carbocycles. The van der Waals surface area contributed by atoms with Crippen molar-refractivity contribution in [1.29, 1.82) is 0 Å². The van der Waals surface area contributed by atoms with E-state index in [0.717, 1.165) is 17.7 Å². The smallest absolute Gasteiger partial charge is 0.137 e. The Labute approximate surface area is 187 Å². The van der Waals surface area contributed by atoms with Crippen LogP contribution in [0.25, 0.3) is 0 Å². The fourth-order valence-corrected chi connectivity index (χ4v) is 4.22. The van der Waals surface area contributed by atoms with E-state index < -0.39 is 17.2 Å². The zero-order chi connectivity index (χ0) is 21.7. The van der Waals surface area contributed by atoms with Crippen LogP contribution < -0.4 is 0 Å². The van der Waals surface area contributed by atoms with Crippen molar-refractivity contribution in [2.75, 3.05) is 13.6 Å². The number of hydrogen-bond acceptors (Lipinski definition) is 5. The predicted octanol–water partition coefficient (Wildman–Crippen LogP) is 4.25. The topological polar surface area (TPSA) is 54.2 Å². The molecule has 1 N–H and O–H groups in total. The van der Waals surface area contributed by atoms with Gasteiger partial charge in [-0.3, -0.25) is 0 Å². The highest BCUT2D eigenvalue weighted by atomic mass is 35.5. The Morgan fingerprint density at radius 1 is 1.30 bits per heavy atom. The molecule has 1 aromatic heterocycles. The van der Waals surface area contributed by atoms with Crippen molar-refractivity contribution >= 4 is 39.9 Å². The average molecular weight is 469 g/mol. The third-order valence-corrected chi connectivity index (χ3v) is 6.32. The van der Waals surface area contributed by atoms with Crippen LogP contribution in [0.1, 0.15) is 11.1 Å². The Kier molecular flexibility index (Phi) is 7.41. The summed E-state index contributed by atoms with van der Waals surface area (Å²) >= 11 is 12.9. The number of aromatic nitrogens is 3. The van der Waals surface area contributed by atoms with Crippen molar-refractivity contribution in [1.82, 2.24) is 19.7 Å². The second-order valence-electron chi connectivity index (χ2n) is 6.79. The van der Waals surface area contributed by atoms with Crippen molar-refractivity contribution < 1.29 is 13.9 Å². The van der Waals surface area contributed by atoms with Crippen molar-refractivity contribution in [3.8, 4) is 0 Å². The molecule has 1 unspecified atom stereocenters. The summed E-state index contributed by atoms with van der Waals surface area (Å²) in [6.07, 6.45) is 2.73. The number of thioether (sulfide) groups is 1. The second-order valence-corrected chi connectivity index (χ2v) is 8.83. The predicted molar refractivity (Wildman–Crippen MR) is 118 cm³/mol. The zero-order valence-corrected chi connectivity index (χ0v) is 18.4. The Hall–Kier alpha value is -2.07. The SMILES string of the molecule is CN(CC(O)(Cn1cncn1)c1ccc(F)cc1F)C(=S)SCc1cccc(Cl)c1. The number of rotatable bonds is 7. The summed E-state index contributed by atoms with van der Waals surface area (Å²) in [4.78, 5) is 5.51. The fourth-order valence-electron chi connectivity index (χ4n) is 3.01. The summed E-state index contributed by atoms with van der Waals surface area (Å²) in [5, 5.41) is 16.0. The monoisotopic (exact) mass is 468 g/mol. The van der Waals surface area contributed by atoms with E-state index >= 15 is 0 Å². The molecule has 30 heavy (non-hydrogen) atoms. The normalized spacial score (nSPS) is 13.1. The lowest BCUT2D eigenvalue weighted by Crippen LogP contribution is -2.44. The summed E-state index contributed by atoms with van der Waals surface area (Å²) in [5.41, 5.74) is -0.763. The maximum Gasteiger partial charge on any atom is 0.137 e. The standard InChI is InChI=1S/C20H19ClF2N4OS2/c1-26(19(29)30-9-14-3-2-4-15(21)7-14)10-20(28,11-27-13-24-12-25-27)17-6-5-16(22)8-18(17)23/h2-8,12-13,28H,9-11H2,1H3. The summed E-state index contributed by atoms with van der Waals surface area (Å²) in [6.45, 7) is -0.113. The van der Waals surface area contributed by atoms with E-state index in [1.807, 2.05) is 18.2 Å². The number of thiocarbonyl (C=S) groups is 1. The molecule has 3 rings (SSSR count). The molecule has 0 saturated carbocycles. The maximum absolute atomic E-state index is 14.5. The lowest BCUT2D eigenvalue weighted by Gasteiger charge is -2.34. The number of halogens is 3. The Bertz CT molecular complexity index is 1020. The molecule has 158 valence electrons. The number of aliphatic hydroxyl groups is 1. The summed E-state index contributed by atoms with van der Waals surface area (Å²) in [7, 11) is 1.71. The molecule has 2 aromatic carbocycles. The minimum absolute atomic E-state index is 0.0310. The molecule has 0 fully saturated rings. The van der Waals surface area contributed by atoms with Crippen molar-refractivity contribution in [2.24, 2.45) is 0 Å². The summed E-state index contributed by atoms with van der Waals surface area (Å²) in [5.74, 6) is -0.973. The molecule has 5 nitrogen and oxygen atoms in total. The molecule has 1 atom stereocenters. The van der Waals surface area contributed by atoms with Gasteiger partial charge >= 0.3 is 0 Å². The van der Waals surface area contributed by atoms with Crippen LogP contribution in [0.3, 0.4) is 0 Å². The zero-order valence-electron chi connectivity index (χ0n) is 16.0. The number of nitrogens with zero attached hydrogens (tertiary/aromatic N) is 4. The lowest BCUT2D eigenvalue weighted by atomic mass is 9.92. The van der Waals surface area contributed by atoms with E-state index in [4.69, 9.17) is 23.8 Å². The quantitative estimate of drug-likeness (QED) is 0.523. The molecule has 0 bridgehead atoms. The lowest BCUT2D eigenvalue weighted by molar-refractivity contribution is -0.00240. The van der Waals surface area contributed by atoms with Gasteiger partial charge in [0.25, 0.3) is 0 Å². The van der Waals surface area contributed by atoms with Crippen LogP contribution >= 0.6 is 35.6 Å². The van der Waals surface area contributed by atoms with Crippen LogP contribution in [0, 0.1) is 11.6 Å². The van der Waals surface area contributed by atoms with E-state index in [1.54, 1.807) is 18.0 Å². The molecular weight excluding hydrogens is 450 g/mol. The summed E-state index contributed by atoms with van der Waals surface area (Å²) in [6, 6.07) is 10.5. The Morgan fingerprint density at radius 2 is 2.10 bits per heavy atom. The van der Waals surface area contributed by atoms with E-state index in [1.165, 1.54) is 35.2 Å². The van der Waals surface area contributed by atoms with Crippen LogP contribution in [-0.4, -0.2) is 42.7 Å². The van der Waals surface area contributed by atoms with Crippen molar-refractivity contribution in [2.45, 2.75) is 17.9 Å². The van der Waals surface area contributed by atoms with Gasteiger partial charge in [-0.25, -0.2) is 18.4 Å². The fraction of sp³-hybridized carbons (Fsp3) is 0.250. The van der Waals surface area contributed by atoms with Crippen molar-refractivity contribution in [3.63, 3.8) is 0 Å². The first kappa shape index (κ1) is 22.6. The molecule has 0 amide bonds. The molecule has 0 spiro atoms. The average Bonchev–Trinajstić information content (AvgIpc) is 3.18. The largest absolute Gasteiger partial charge is 0.381 e. The first-order chi connectivity index (χ1) is 14.3. The molecule has 10 heteroatoms. The van der Waals surface area contributed by atoms with Crippen molar-refractivity contribution in [3.05, 3.63) is 82.9 Å². The van der Waals surface area contributed by atoms with Gasteiger partial charge in [0.05, 0.1) is 13.1 Å². The first-order valence-corrected chi connectivity index (χ1v) is 10.7. The van der Waals surface area contributed by atoms with Gasteiger partial charge in [-0.1, -0.05) is 53.8 Å². The minimum atomic E-state index is -1.72. The van der Waals surface area contributed by atoms with Crippen LogP contribution in [0.15, 0.2) is 55.1 Å². The van der Waals surface area contributed by atoms with E-state index in [-0.39, 0.29) is 18.7 Å². The van der Waals surface area contributed by atoms with E-state index in [0.29, 0.717) is 15.1 Å². The maximum atomic E-state index is 14.5. The molecule has 0 aliphatic heterocycles. The highest BCUT2D eigenvalue weighted by molar-refractivity contribution is 8.22. The van der Waals surface area contributed by atoms with Gasteiger partial charge in [-0.2, -0.15) is 5.10 Å². The molecule has 1 heterocycles. The molecule has 0 radical (unpaired) electrons. The number of benzene rings is 2. The summed E-state index contributed by atoms with van der Waals surface area (Å²) < 4.78 is 29.8. The third kappa shape index (κ3) is 5.75. The number of likely N-dealkylation sites (N-methyl/N-ethyl adjacent to an activating group) is 1. The van der Waals surface area contributed by atoms with Crippen LogP contribution in [0.5, 0.6) is 0 Å². The molecule has 0 aliphatic rings. The van der Waals surface area contributed by atoms with Crippen LogP contribution in [0.2, 0.25) is 5.02 Å². The van der Waals surface area contributed by atoms with Crippen LogP contribution in [-0.2, 0) is 17.9 Å². The van der Waals surface area contributed by atoms with Gasteiger partial charge in [-0.05, 0) is 23.8 Å².